The van der Waals surface area contributed by atoms with Gasteiger partial charge in [0, 0.05) is 10.6 Å². The van der Waals surface area contributed by atoms with E-state index in [9.17, 15) is 18.0 Å². The Morgan fingerprint density at radius 3 is 2.31 bits per heavy atom. The van der Waals surface area contributed by atoms with Crippen LogP contribution in [0.5, 0.6) is 0 Å². The third kappa shape index (κ3) is 6.17. The molecule has 2 N–H and O–H groups in total. The molecule has 2 rings (SSSR count). The lowest BCUT2D eigenvalue weighted by Gasteiger charge is -2.08. The van der Waals surface area contributed by atoms with Gasteiger partial charge >= 0.3 is 5.97 Å². The van der Waals surface area contributed by atoms with Crippen LogP contribution in [0.3, 0.4) is 0 Å². The van der Waals surface area contributed by atoms with Gasteiger partial charge in [-0.25, -0.2) is 8.42 Å². The van der Waals surface area contributed by atoms with Gasteiger partial charge in [0.25, 0.3) is 0 Å². The maximum absolute atomic E-state index is 12.0. The van der Waals surface area contributed by atoms with E-state index in [0.29, 0.717) is 5.69 Å². The van der Waals surface area contributed by atoms with Crippen LogP contribution in [0.2, 0.25) is 0 Å². The highest BCUT2D eigenvalue weighted by atomic mass is 32.2. The first-order chi connectivity index (χ1) is 12.4. The fourth-order valence-electron chi connectivity index (χ4n) is 1.89. The average Bonchev–Trinajstić information content (AvgIpc) is 2.66. The number of nitrogens with one attached hydrogen (secondary N) is 2. The van der Waals surface area contributed by atoms with E-state index < -0.39 is 22.5 Å². The van der Waals surface area contributed by atoms with E-state index in [-0.39, 0.29) is 16.6 Å². The summed E-state index contributed by atoms with van der Waals surface area (Å²) in [5.74, 6) is -0.642. The van der Waals surface area contributed by atoms with Crippen molar-refractivity contribution in [3.05, 3.63) is 54.6 Å². The van der Waals surface area contributed by atoms with Crippen molar-refractivity contribution in [1.29, 1.82) is 0 Å². The average molecular weight is 394 g/mol. The molecule has 9 heteroatoms. The largest absolute Gasteiger partial charge is 0.468 e. The van der Waals surface area contributed by atoms with Gasteiger partial charge in [-0.2, -0.15) is 4.72 Å². The van der Waals surface area contributed by atoms with Crippen LogP contribution in [-0.4, -0.2) is 39.7 Å². The van der Waals surface area contributed by atoms with Gasteiger partial charge in [0.05, 0.1) is 17.8 Å². The monoisotopic (exact) mass is 394 g/mol. The zero-order valence-electron chi connectivity index (χ0n) is 14.0. The molecule has 0 saturated carbocycles. The third-order valence-electron chi connectivity index (χ3n) is 3.20. The number of hydrogen-bond acceptors (Lipinski definition) is 6. The minimum atomic E-state index is -3.82. The molecule has 7 nitrogen and oxygen atoms in total. The number of esters is 1. The number of carbonyl (C=O) groups is 2. The van der Waals surface area contributed by atoms with Crippen molar-refractivity contribution in [2.24, 2.45) is 0 Å². The molecule has 0 fully saturated rings. The van der Waals surface area contributed by atoms with E-state index in [1.165, 1.54) is 43.1 Å². The second-order valence-electron chi connectivity index (χ2n) is 5.07. The fourth-order valence-corrected chi connectivity index (χ4v) is 3.58. The van der Waals surface area contributed by atoms with Crippen LogP contribution in [0.15, 0.2) is 64.4 Å². The van der Waals surface area contributed by atoms with Gasteiger partial charge in [0.15, 0.2) is 0 Å². The Morgan fingerprint density at radius 1 is 1.04 bits per heavy atom. The minimum Gasteiger partial charge on any atom is -0.468 e. The molecule has 0 spiro atoms. The normalized spacial score (nSPS) is 11.0. The van der Waals surface area contributed by atoms with Crippen molar-refractivity contribution in [2.75, 3.05) is 24.7 Å². The van der Waals surface area contributed by atoms with E-state index in [1.54, 1.807) is 0 Å². The van der Waals surface area contributed by atoms with Crippen LogP contribution < -0.4 is 10.0 Å². The lowest BCUT2D eigenvalue weighted by Crippen LogP contribution is -2.30. The van der Waals surface area contributed by atoms with Crippen LogP contribution in [-0.2, 0) is 24.3 Å². The molecule has 2 aromatic rings. The number of sulfonamides is 1. The summed E-state index contributed by atoms with van der Waals surface area (Å²) >= 11 is 1.40. The summed E-state index contributed by atoms with van der Waals surface area (Å²) in [4.78, 5) is 24.0. The van der Waals surface area contributed by atoms with E-state index in [4.69, 9.17) is 0 Å². The summed E-state index contributed by atoms with van der Waals surface area (Å²) in [5.41, 5.74) is 0.482. The van der Waals surface area contributed by atoms with E-state index >= 15 is 0 Å². The predicted molar refractivity (Wildman–Crippen MR) is 99.4 cm³/mol. The van der Waals surface area contributed by atoms with E-state index in [0.717, 1.165) is 4.90 Å². The first kappa shape index (κ1) is 20.0. The molecule has 26 heavy (non-hydrogen) atoms. The smallest absolute Gasteiger partial charge is 0.320 e. The van der Waals surface area contributed by atoms with Gasteiger partial charge in [-0.15, -0.1) is 11.8 Å². The number of benzene rings is 2. The fraction of sp³-hybridized carbons (Fsp3) is 0.176. The number of carbonyl (C=O) groups excluding carboxylic acids is 2. The molecule has 0 bridgehead atoms. The van der Waals surface area contributed by atoms with Gasteiger partial charge < -0.3 is 10.1 Å². The molecule has 0 aliphatic rings. The van der Waals surface area contributed by atoms with Crippen molar-refractivity contribution in [2.45, 2.75) is 9.79 Å². The topological polar surface area (TPSA) is 102 Å². The molecular formula is C17H18N2O5S2. The first-order valence-electron chi connectivity index (χ1n) is 7.55. The van der Waals surface area contributed by atoms with Crippen LogP contribution in [0, 0.1) is 0 Å². The van der Waals surface area contributed by atoms with Crippen LogP contribution in [0.1, 0.15) is 0 Å². The zero-order chi connectivity index (χ0) is 19.0. The van der Waals surface area contributed by atoms with Crippen molar-refractivity contribution >= 4 is 39.3 Å². The summed E-state index contributed by atoms with van der Waals surface area (Å²) in [6.07, 6.45) is 0. The van der Waals surface area contributed by atoms with Crippen LogP contribution >= 0.6 is 11.8 Å². The standard InChI is InChI=1S/C17H18N2O5S2/c1-24-17(21)11-18-26(22,23)15-9-7-13(8-10-15)19-16(20)12-25-14-5-3-2-4-6-14/h2-10,18H,11-12H2,1H3,(H,19,20). The predicted octanol–water partition coefficient (Wildman–Crippen LogP) is 1.87. The highest BCUT2D eigenvalue weighted by Gasteiger charge is 2.15. The van der Waals surface area contributed by atoms with Crippen molar-refractivity contribution in [3.8, 4) is 0 Å². The Bertz CT molecular complexity index is 852. The summed E-state index contributed by atoms with van der Waals surface area (Å²) < 4.78 is 30.6. The lowest BCUT2D eigenvalue weighted by molar-refractivity contribution is -0.139. The molecule has 138 valence electrons. The molecule has 0 aliphatic heterocycles. The van der Waals surface area contributed by atoms with Gasteiger partial charge in [-0.3, -0.25) is 9.59 Å². The molecule has 0 aromatic heterocycles. The number of hydrogen-bond donors (Lipinski definition) is 2. The van der Waals surface area contributed by atoms with Crippen molar-refractivity contribution in [1.82, 2.24) is 4.72 Å². The molecular weight excluding hydrogens is 376 g/mol. The number of thioether (sulfide) groups is 1. The summed E-state index contributed by atoms with van der Waals surface area (Å²) in [6.45, 7) is -0.450. The molecule has 1 amide bonds. The maximum Gasteiger partial charge on any atom is 0.320 e. The number of amides is 1. The minimum absolute atomic E-state index is 0.0157. The van der Waals surface area contributed by atoms with Crippen molar-refractivity contribution in [3.63, 3.8) is 0 Å². The highest BCUT2D eigenvalue weighted by Crippen LogP contribution is 2.18. The third-order valence-corrected chi connectivity index (χ3v) is 5.62. The number of methoxy groups -OCH3 is 1. The zero-order valence-corrected chi connectivity index (χ0v) is 15.6. The lowest BCUT2D eigenvalue weighted by atomic mass is 10.3. The Balaban J connectivity index is 1.90. The van der Waals surface area contributed by atoms with Crippen LogP contribution in [0.4, 0.5) is 5.69 Å². The Morgan fingerprint density at radius 2 is 1.69 bits per heavy atom. The molecule has 0 saturated heterocycles. The molecule has 0 aliphatic carbocycles. The quantitative estimate of drug-likeness (QED) is 0.524. The van der Waals surface area contributed by atoms with E-state index in [1.807, 2.05) is 30.3 Å². The second kappa shape index (κ2) is 9.37. The SMILES string of the molecule is COC(=O)CNS(=O)(=O)c1ccc(NC(=O)CSc2ccccc2)cc1. The maximum atomic E-state index is 12.0. The highest BCUT2D eigenvalue weighted by molar-refractivity contribution is 8.00. The Hall–Kier alpha value is -2.36. The molecule has 0 heterocycles. The summed E-state index contributed by atoms with van der Waals surface area (Å²) in [5, 5.41) is 2.70. The summed E-state index contributed by atoms with van der Waals surface area (Å²) in [6, 6.07) is 15.2. The molecule has 0 atom stereocenters. The van der Waals surface area contributed by atoms with Gasteiger partial charge in [-0.1, -0.05) is 18.2 Å². The van der Waals surface area contributed by atoms with Gasteiger partial charge in [0.1, 0.15) is 6.54 Å². The van der Waals surface area contributed by atoms with E-state index in [2.05, 4.69) is 14.8 Å². The number of anilines is 1. The molecule has 2 aromatic carbocycles. The first-order valence-corrected chi connectivity index (χ1v) is 10.0. The Labute approximate surface area is 156 Å². The Kier molecular flexibility index (Phi) is 7.19. The van der Waals surface area contributed by atoms with Gasteiger partial charge in [-0.05, 0) is 36.4 Å². The number of ether oxygens (including phenoxy) is 1. The van der Waals surface area contributed by atoms with Crippen molar-refractivity contribution < 1.29 is 22.7 Å². The van der Waals surface area contributed by atoms with Gasteiger partial charge in [0.2, 0.25) is 15.9 Å². The second-order valence-corrected chi connectivity index (χ2v) is 7.89. The number of rotatable bonds is 8. The summed E-state index contributed by atoms with van der Waals surface area (Å²) in [7, 11) is -2.65. The van der Waals surface area contributed by atoms with Crippen LogP contribution in [0.25, 0.3) is 0 Å². The molecule has 0 unspecified atom stereocenters. The molecule has 0 radical (unpaired) electrons.